The van der Waals surface area contributed by atoms with Gasteiger partial charge >= 0.3 is 18.3 Å². The molecule has 37 heteroatoms. The molecule has 6 aromatic carbocycles. The summed E-state index contributed by atoms with van der Waals surface area (Å²) in [6, 6.07) is 36.5. The SMILES string of the molecule is C1CCNCC1.CC(C)(C)OC(=O)N1CCN(c2ccc(N)cc2)CC1.CC(C)(C)OC(=O)N1CCN(c2ccc(Nc3ncc4c(n3)OCN(c3c(Cl)cccc3Cl)C4=O)cc2)CC1.CC(C)(C)OC(=O)N1CCN(c2ccc([N+](=O)[O-])cc2)CC1.CSc1ncc2c(n1)OCN(c1c(Cl)cccc1Cl)C2=O.O=[N+]([O-])c1ccc(F)cc1. The van der Waals surface area contributed by atoms with Crippen LogP contribution in [0.1, 0.15) is 102 Å². The number of hydrogen-bond donors (Lipinski definition) is 3. The normalized spacial score (nSPS) is 15.2. The Morgan fingerprint density at radius 1 is 0.508 bits per heavy atom. The number of nitrogen functional groups attached to an aromatic ring is 1. The Hall–Kier alpha value is -11.0. The van der Waals surface area contributed by atoms with E-state index in [1.165, 1.54) is 78.4 Å². The molecule has 8 aromatic rings. The van der Waals surface area contributed by atoms with Gasteiger partial charge in [0.25, 0.3) is 23.2 Å². The van der Waals surface area contributed by atoms with Crippen LogP contribution in [-0.2, 0) is 14.2 Å². The van der Waals surface area contributed by atoms with E-state index in [1.807, 2.05) is 117 Å². The number of carbonyl (C=O) groups excluding carboxylic acids is 5. The van der Waals surface area contributed by atoms with Gasteiger partial charge in [0.15, 0.2) is 18.6 Å². The highest BCUT2D eigenvalue weighted by atomic mass is 35.5. The summed E-state index contributed by atoms with van der Waals surface area (Å²) in [4.78, 5) is 113. The van der Waals surface area contributed by atoms with Gasteiger partial charge in [0, 0.05) is 144 Å². The Morgan fingerprint density at radius 3 is 1.19 bits per heavy atom. The summed E-state index contributed by atoms with van der Waals surface area (Å²) in [7, 11) is 0. The lowest BCUT2D eigenvalue weighted by molar-refractivity contribution is -0.385. The largest absolute Gasteiger partial charge is 0.455 e. The number of nitrogens with one attached hydrogen (secondary N) is 2. The molecule has 31 nitrogen and oxygen atoms in total. The van der Waals surface area contributed by atoms with Crippen molar-refractivity contribution in [2.24, 2.45) is 0 Å². The Kier molecular flexibility index (Phi) is 32.3. The summed E-state index contributed by atoms with van der Waals surface area (Å²) in [5, 5.41) is 29.1. The summed E-state index contributed by atoms with van der Waals surface area (Å²) >= 11 is 26.2. The van der Waals surface area contributed by atoms with Crippen LogP contribution in [0.15, 0.2) is 151 Å². The number of non-ortho nitro benzene ring substituents is 2. The van der Waals surface area contributed by atoms with Crippen molar-refractivity contribution < 1.29 is 61.9 Å². The fourth-order valence-corrected chi connectivity index (χ4v) is 13.6. The number of ether oxygens (including phenoxy) is 5. The molecule has 2 aromatic heterocycles. The molecule has 4 saturated heterocycles. The van der Waals surface area contributed by atoms with Crippen LogP contribution < -0.4 is 50.3 Å². The maximum absolute atomic E-state index is 13.1. The van der Waals surface area contributed by atoms with Gasteiger partial charge < -0.3 is 69.5 Å². The number of anilines is 8. The first-order valence-corrected chi connectivity index (χ1v) is 40.6. The Balaban J connectivity index is 0.000000174. The molecule has 0 aliphatic carbocycles. The van der Waals surface area contributed by atoms with Crippen molar-refractivity contribution in [3.8, 4) is 11.8 Å². The number of aromatic nitrogens is 4. The number of benzene rings is 6. The fraction of sp³-hybridized carbons (Fsp3) is 0.395. The van der Waals surface area contributed by atoms with Crippen molar-refractivity contribution in [2.75, 3.05) is 147 Å². The molecule has 630 valence electrons. The summed E-state index contributed by atoms with van der Waals surface area (Å²) in [5.41, 5.74) is 10.2. The molecule has 6 aliphatic rings. The third-order valence-corrected chi connectivity index (χ3v) is 19.7. The summed E-state index contributed by atoms with van der Waals surface area (Å²) in [6.45, 7) is 27.3. The average molecular weight is 1720 g/mol. The zero-order valence-electron chi connectivity index (χ0n) is 67.1. The first-order chi connectivity index (χ1) is 56.0. The van der Waals surface area contributed by atoms with Crippen LogP contribution in [0, 0.1) is 26.0 Å². The van der Waals surface area contributed by atoms with Crippen molar-refractivity contribution in [2.45, 2.75) is 104 Å². The van der Waals surface area contributed by atoms with Crippen molar-refractivity contribution in [1.29, 1.82) is 0 Å². The van der Waals surface area contributed by atoms with E-state index >= 15 is 0 Å². The maximum atomic E-state index is 13.1. The van der Waals surface area contributed by atoms with Crippen LogP contribution in [-0.4, -0.2) is 203 Å². The number of para-hydroxylation sites is 2. The van der Waals surface area contributed by atoms with E-state index in [9.17, 15) is 48.6 Å². The molecule has 14 rings (SSSR count). The minimum atomic E-state index is -0.570. The number of carbonyl (C=O) groups is 5. The lowest BCUT2D eigenvalue weighted by Crippen LogP contribution is -2.50. The number of amides is 5. The zero-order valence-corrected chi connectivity index (χ0v) is 71.0. The fourth-order valence-electron chi connectivity index (χ4n) is 12.0. The van der Waals surface area contributed by atoms with Crippen molar-refractivity contribution in [1.82, 2.24) is 40.0 Å². The van der Waals surface area contributed by atoms with Gasteiger partial charge in [-0.3, -0.25) is 39.6 Å². The lowest BCUT2D eigenvalue weighted by Gasteiger charge is -2.36. The van der Waals surface area contributed by atoms with Gasteiger partial charge in [-0.05, 0) is 192 Å². The summed E-state index contributed by atoms with van der Waals surface area (Å²) in [5.74, 6) is -0.363. The number of halogens is 5. The highest BCUT2D eigenvalue weighted by Gasteiger charge is 2.35. The monoisotopic (exact) mass is 1720 g/mol. The number of piperidine rings is 1. The third-order valence-electron chi connectivity index (χ3n) is 17.9. The van der Waals surface area contributed by atoms with Crippen LogP contribution in [0.25, 0.3) is 0 Å². The number of hydrogen-bond acceptors (Lipinski definition) is 25. The Bertz CT molecular complexity index is 4710. The highest BCUT2D eigenvalue weighted by Crippen LogP contribution is 2.40. The Morgan fingerprint density at radius 2 is 0.856 bits per heavy atom. The number of nitro benzene ring substituents is 2. The molecule has 118 heavy (non-hydrogen) atoms. The van der Waals surface area contributed by atoms with Crippen molar-refractivity contribution in [3.05, 3.63) is 203 Å². The predicted octanol–water partition coefficient (Wildman–Crippen LogP) is 16.6. The molecule has 0 radical (unpaired) electrons. The number of thioether (sulfide) groups is 1. The van der Waals surface area contributed by atoms with Crippen LogP contribution in [0.2, 0.25) is 20.1 Å². The third kappa shape index (κ3) is 26.8. The molecule has 0 saturated carbocycles. The second-order valence-corrected chi connectivity index (χ2v) is 32.5. The van der Waals surface area contributed by atoms with Crippen LogP contribution in [0.5, 0.6) is 11.8 Å². The highest BCUT2D eigenvalue weighted by molar-refractivity contribution is 7.98. The second kappa shape index (κ2) is 41.9. The summed E-state index contributed by atoms with van der Waals surface area (Å²) < 4.78 is 39.6. The minimum Gasteiger partial charge on any atom is -0.455 e. The maximum Gasteiger partial charge on any atom is 0.410 e. The molecule has 4 N–H and O–H groups in total. The van der Waals surface area contributed by atoms with Crippen molar-refractivity contribution >= 4 is 145 Å². The van der Waals surface area contributed by atoms with Crippen molar-refractivity contribution in [3.63, 3.8) is 0 Å². The van der Waals surface area contributed by atoms with Gasteiger partial charge in [0.2, 0.25) is 17.7 Å². The van der Waals surface area contributed by atoms with Crippen LogP contribution >= 0.6 is 58.2 Å². The lowest BCUT2D eigenvalue weighted by atomic mass is 10.2. The van der Waals surface area contributed by atoms with E-state index < -0.39 is 32.5 Å². The predicted molar refractivity (Wildman–Crippen MR) is 457 cm³/mol. The zero-order chi connectivity index (χ0) is 85.6. The standard InChI is InChI=1S/C27H28Cl2N6O4.C15H21N3O4.C15H23N3O2.C13H9Cl2N3O2S.C6H4FNO2.C5H11N/c1-27(2,3)39-26(37)34-13-11-33(12-14-34)18-9-7-17(8-10-18)31-25-30-15-19-23(32-25)38-16-35(24(19)36)22-20(28)5-4-6-21(22)29;1-15(2,3)22-14(19)17-10-8-16(9-11-17)12-4-6-13(7-5-12)18(20)21;1-15(2,3)20-14(19)18-10-8-17(9-11-18)13-6-4-12(16)5-7-13;1-21-13-16-5-7-11(17-13)20-6-18(12(7)19)10-8(14)3-2-4-9(10)15;7-5-1-3-6(4-2-5)8(9)10;1-2-4-6-5-3-1/h4-10,15H,11-14,16H2,1-3H3,(H,30,31,32);4-7H,8-11H2,1-3H3;4-7H,8-11,16H2,1-3H3;2-5H,6H2,1H3;1-4H;6H,1-5H2. The molecule has 6 aliphatic heterocycles. The van der Waals surface area contributed by atoms with E-state index in [0.717, 1.165) is 65.8 Å². The van der Waals surface area contributed by atoms with E-state index in [0.29, 0.717) is 108 Å². The molecule has 8 heterocycles. The Labute approximate surface area is 708 Å². The number of piperazine rings is 3. The van der Waals surface area contributed by atoms with Gasteiger partial charge in [-0.1, -0.05) is 76.7 Å². The molecular formula is C81H96Cl4FN17O14S. The number of nitrogens with two attached hydrogens (primary N) is 1. The number of rotatable bonds is 10. The molecule has 0 bridgehead atoms. The van der Waals surface area contributed by atoms with E-state index in [1.54, 1.807) is 63.2 Å². The van der Waals surface area contributed by atoms with Gasteiger partial charge in [-0.25, -0.2) is 28.7 Å². The molecule has 5 amide bonds. The van der Waals surface area contributed by atoms with E-state index in [2.05, 4.69) is 45.3 Å². The molecule has 0 spiro atoms. The number of nitrogens with zero attached hydrogens (tertiary/aromatic N) is 14. The quantitative estimate of drug-likeness (QED) is 0.0286. The molecule has 0 unspecified atom stereocenters. The van der Waals surface area contributed by atoms with E-state index in [4.69, 9.17) is 75.8 Å². The van der Waals surface area contributed by atoms with E-state index in [-0.39, 0.29) is 77.8 Å². The van der Waals surface area contributed by atoms with Crippen LogP contribution in [0.3, 0.4) is 0 Å². The first-order valence-electron chi connectivity index (χ1n) is 37.8. The van der Waals surface area contributed by atoms with Gasteiger partial charge in [-0.2, -0.15) is 9.97 Å². The molecule has 4 fully saturated rings. The van der Waals surface area contributed by atoms with Gasteiger partial charge in [0.1, 0.15) is 33.7 Å². The second-order valence-electron chi connectivity index (χ2n) is 30.1. The minimum absolute atomic E-state index is 0.000120. The molecule has 0 atom stereocenters. The summed E-state index contributed by atoms with van der Waals surface area (Å²) in [6.07, 6.45) is 8.13. The number of nitro groups is 2. The smallest absolute Gasteiger partial charge is 0.410 e. The van der Waals surface area contributed by atoms with Gasteiger partial charge in [0.05, 0.1) is 41.3 Å². The first kappa shape index (κ1) is 90.9. The number of fused-ring (bicyclic) bond motifs is 2. The molecular weight excluding hydrogens is 1630 g/mol. The topological polar surface area (TPSA) is 345 Å². The van der Waals surface area contributed by atoms with Gasteiger partial charge in [-0.15, -0.1) is 0 Å². The average Bonchev–Trinajstić information content (AvgIpc) is 0.780. The van der Waals surface area contributed by atoms with Crippen LogP contribution in [0.4, 0.5) is 75.9 Å².